The monoisotopic (exact) mass is 286 g/mol. The molecule has 1 aromatic rings. The highest BCUT2D eigenvalue weighted by Crippen LogP contribution is 2.28. The lowest BCUT2D eigenvalue weighted by Crippen LogP contribution is -2.44. The van der Waals surface area contributed by atoms with E-state index in [1.54, 1.807) is 7.11 Å². The van der Waals surface area contributed by atoms with Gasteiger partial charge in [0.15, 0.2) is 0 Å². The van der Waals surface area contributed by atoms with Crippen LogP contribution in [0.1, 0.15) is 19.7 Å². The lowest BCUT2D eigenvalue weighted by molar-refractivity contribution is 0.198. The fourth-order valence-electron chi connectivity index (χ4n) is 2.00. The molecule has 1 aromatic heterocycles. The molecule has 0 spiro atoms. The number of nitrogens with one attached hydrogen (secondary N) is 1. The maximum Gasteiger partial charge on any atom is 0.318 e. The van der Waals surface area contributed by atoms with Crippen molar-refractivity contribution in [2.24, 2.45) is 0 Å². The van der Waals surface area contributed by atoms with Crippen LogP contribution in [0.4, 0.5) is 6.01 Å². The van der Waals surface area contributed by atoms with Gasteiger partial charge in [-0.2, -0.15) is 11.8 Å². The average Bonchev–Trinajstić information content (AvgIpc) is 2.87. The molecule has 1 N–H and O–H groups in total. The minimum absolute atomic E-state index is 0.425. The Bertz CT molecular complexity index is 388. The standard InChI is InChI=1S/C12H22N4O2S/c1-9-10(2)19-7-5-16(9)12-15-14-11(18-12)8-13-4-6-17-3/h9-10,13H,4-8H2,1-3H3. The molecule has 2 heterocycles. The number of nitrogens with zero attached hydrogens (tertiary/aromatic N) is 3. The van der Waals surface area contributed by atoms with Crippen LogP contribution >= 0.6 is 11.8 Å². The number of thioether (sulfide) groups is 1. The van der Waals surface area contributed by atoms with Gasteiger partial charge in [0.05, 0.1) is 13.2 Å². The van der Waals surface area contributed by atoms with E-state index < -0.39 is 0 Å². The Morgan fingerprint density at radius 2 is 2.32 bits per heavy atom. The summed E-state index contributed by atoms with van der Waals surface area (Å²) in [5.74, 6) is 1.74. The van der Waals surface area contributed by atoms with Crippen LogP contribution in [0.3, 0.4) is 0 Å². The van der Waals surface area contributed by atoms with Crippen LogP contribution < -0.4 is 10.2 Å². The van der Waals surface area contributed by atoms with Gasteiger partial charge >= 0.3 is 6.01 Å². The van der Waals surface area contributed by atoms with Crippen molar-refractivity contribution in [2.75, 3.05) is 37.5 Å². The molecule has 2 rings (SSSR count). The lowest BCUT2D eigenvalue weighted by Gasteiger charge is -2.35. The van der Waals surface area contributed by atoms with Gasteiger partial charge in [0.1, 0.15) is 0 Å². The van der Waals surface area contributed by atoms with Crippen LogP contribution in [-0.2, 0) is 11.3 Å². The van der Waals surface area contributed by atoms with Gasteiger partial charge in [0.2, 0.25) is 5.89 Å². The zero-order chi connectivity index (χ0) is 13.7. The zero-order valence-electron chi connectivity index (χ0n) is 11.8. The lowest BCUT2D eigenvalue weighted by atomic mass is 10.2. The topological polar surface area (TPSA) is 63.4 Å². The average molecular weight is 286 g/mol. The smallest absolute Gasteiger partial charge is 0.318 e. The molecule has 1 saturated heterocycles. The third-order valence-corrected chi connectivity index (χ3v) is 4.68. The molecular formula is C12H22N4O2S. The summed E-state index contributed by atoms with van der Waals surface area (Å²) >= 11 is 1.99. The van der Waals surface area contributed by atoms with Crippen LogP contribution in [-0.4, -0.2) is 54.0 Å². The molecule has 2 unspecified atom stereocenters. The first-order valence-electron chi connectivity index (χ1n) is 6.62. The molecule has 19 heavy (non-hydrogen) atoms. The predicted molar refractivity (Wildman–Crippen MR) is 76.6 cm³/mol. The van der Waals surface area contributed by atoms with E-state index in [0.717, 1.165) is 18.8 Å². The van der Waals surface area contributed by atoms with Gasteiger partial charge in [-0.25, -0.2) is 0 Å². The van der Waals surface area contributed by atoms with Crippen LogP contribution in [0.5, 0.6) is 0 Å². The summed E-state index contributed by atoms with van der Waals surface area (Å²) in [4.78, 5) is 2.20. The van der Waals surface area contributed by atoms with E-state index in [-0.39, 0.29) is 0 Å². The molecule has 0 aromatic carbocycles. The second-order valence-electron chi connectivity index (χ2n) is 4.66. The highest BCUT2D eigenvalue weighted by atomic mass is 32.2. The Kier molecular flexibility index (Phi) is 5.47. The van der Waals surface area contributed by atoms with Crippen molar-refractivity contribution in [1.82, 2.24) is 15.5 Å². The molecule has 2 atom stereocenters. The summed E-state index contributed by atoms with van der Waals surface area (Å²) in [6.45, 7) is 7.46. The molecule has 108 valence electrons. The maximum atomic E-state index is 5.71. The van der Waals surface area contributed by atoms with Crippen LogP contribution in [0.2, 0.25) is 0 Å². The van der Waals surface area contributed by atoms with Crippen LogP contribution in [0.15, 0.2) is 4.42 Å². The summed E-state index contributed by atoms with van der Waals surface area (Å²) in [5.41, 5.74) is 0. The van der Waals surface area contributed by atoms with Gasteiger partial charge in [0, 0.05) is 37.2 Å². The molecular weight excluding hydrogens is 264 g/mol. The number of ether oxygens (including phenoxy) is 1. The van der Waals surface area contributed by atoms with Crippen molar-refractivity contribution in [3.8, 4) is 0 Å². The van der Waals surface area contributed by atoms with Crippen molar-refractivity contribution < 1.29 is 9.15 Å². The maximum absolute atomic E-state index is 5.71. The minimum atomic E-state index is 0.425. The summed E-state index contributed by atoms with van der Waals surface area (Å²) in [7, 11) is 1.68. The van der Waals surface area contributed by atoms with Gasteiger partial charge in [-0.1, -0.05) is 12.0 Å². The molecule has 0 amide bonds. The molecule has 1 aliphatic rings. The van der Waals surface area contributed by atoms with E-state index >= 15 is 0 Å². The Labute approximate surface area is 118 Å². The Morgan fingerprint density at radius 3 is 3.11 bits per heavy atom. The highest BCUT2D eigenvalue weighted by molar-refractivity contribution is 8.00. The van der Waals surface area contributed by atoms with Crippen molar-refractivity contribution in [3.05, 3.63) is 5.89 Å². The Hall–Kier alpha value is -0.790. The SMILES string of the molecule is COCCNCc1nnc(N2CCSC(C)C2C)o1. The quantitative estimate of drug-likeness (QED) is 0.787. The fraction of sp³-hybridized carbons (Fsp3) is 0.833. The number of methoxy groups -OCH3 is 1. The molecule has 0 saturated carbocycles. The first-order chi connectivity index (χ1) is 9.22. The van der Waals surface area contributed by atoms with Crippen molar-refractivity contribution in [3.63, 3.8) is 0 Å². The molecule has 6 nitrogen and oxygen atoms in total. The number of rotatable bonds is 6. The van der Waals surface area contributed by atoms with E-state index in [0.29, 0.717) is 36.3 Å². The van der Waals surface area contributed by atoms with Gasteiger partial charge in [-0.3, -0.25) is 0 Å². The second-order valence-corrected chi connectivity index (χ2v) is 6.14. The number of hydrogen-bond donors (Lipinski definition) is 1. The van der Waals surface area contributed by atoms with E-state index in [4.69, 9.17) is 9.15 Å². The third-order valence-electron chi connectivity index (χ3n) is 3.34. The molecule has 1 fully saturated rings. The highest BCUT2D eigenvalue weighted by Gasteiger charge is 2.28. The van der Waals surface area contributed by atoms with Crippen molar-refractivity contribution in [1.29, 1.82) is 0 Å². The predicted octanol–water partition coefficient (Wildman–Crippen LogP) is 1.14. The van der Waals surface area contributed by atoms with Gasteiger partial charge < -0.3 is 19.4 Å². The van der Waals surface area contributed by atoms with Crippen LogP contribution in [0.25, 0.3) is 0 Å². The van der Waals surface area contributed by atoms with E-state index in [1.807, 2.05) is 11.8 Å². The number of aromatic nitrogens is 2. The first-order valence-corrected chi connectivity index (χ1v) is 7.67. The second kappa shape index (κ2) is 7.12. The molecule has 0 radical (unpaired) electrons. The van der Waals surface area contributed by atoms with E-state index in [2.05, 4.69) is 34.3 Å². The summed E-state index contributed by atoms with van der Waals surface area (Å²) in [6.07, 6.45) is 0. The zero-order valence-corrected chi connectivity index (χ0v) is 12.6. The van der Waals surface area contributed by atoms with Gasteiger partial charge in [0.25, 0.3) is 0 Å². The summed E-state index contributed by atoms with van der Waals surface area (Å²) in [5, 5.41) is 12.0. The van der Waals surface area contributed by atoms with Crippen molar-refractivity contribution >= 4 is 17.8 Å². The molecule has 0 bridgehead atoms. The molecule has 0 aliphatic carbocycles. The first kappa shape index (κ1) is 14.6. The Morgan fingerprint density at radius 1 is 1.47 bits per heavy atom. The van der Waals surface area contributed by atoms with E-state index in [1.165, 1.54) is 0 Å². The number of anilines is 1. The minimum Gasteiger partial charge on any atom is -0.407 e. The number of hydrogen-bond acceptors (Lipinski definition) is 7. The van der Waals surface area contributed by atoms with E-state index in [9.17, 15) is 0 Å². The van der Waals surface area contributed by atoms with Gasteiger partial charge in [-0.05, 0) is 6.92 Å². The van der Waals surface area contributed by atoms with Crippen molar-refractivity contribution in [2.45, 2.75) is 31.7 Å². The Balaban J connectivity index is 1.89. The third kappa shape index (κ3) is 3.84. The molecule has 1 aliphatic heterocycles. The fourth-order valence-corrected chi connectivity index (χ4v) is 3.10. The summed E-state index contributed by atoms with van der Waals surface area (Å²) < 4.78 is 10.7. The van der Waals surface area contributed by atoms with Crippen LogP contribution in [0, 0.1) is 0 Å². The largest absolute Gasteiger partial charge is 0.407 e. The normalized spacial score (nSPS) is 23.8. The van der Waals surface area contributed by atoms with Gasteiger partial charge in [-0.15, -0.1) is 5.10 Å². The summed E-state index contributed by atoms with van der Waals surface area (Å²) in [6, 6.07) is 1.07. The molecule has 7 heteroatoms.